The van der Waals surface area contributed by atoms with Crippen LogP contribution in [0.2, 0.25) is 0 Å². The van der Waals surface area contributed by atoms with Gasteiger partial charge in [0.2, 0.25) is 5.88 Å². The van der Waals surface area contributed by atoms with Crippen LogP contribution in [-0.2, 0) is 21.8 Å². The van der Waals surface area contributed by atoms with Crippen LogP contribution in [-0.4, -0.2) is 54.5 Å². The first-order chi connectivity index (χ1) is 17.9. The van der Waals surface area contributed by atoms with Gasteiger partial charge in [-0.05, 0) is 82.4 Å². The molecule has 3 atom stereocenters. The Hall–Kier alpha value is -3.05. The van der Waals surface area contributed by atoms with E-state index in [1.54, 1.807) is 32.0 Å². The second-order valence-electron chi connectivity index (χ2n) is 9.91. The maximum absolute atomic E-state index is 13.5. The van der Waals surface area contributed by atoms with E-state index >= 15 is 0 Å². The Bertz CT molecular complexity index is 1380. The highest BCUT2D eigenvalue weighted by molar-refractivity contribution is 7.90. The minimum absolute atomic E-state index is 0.0337. The number of halogens is 3. The Kier molecular flexibility index (Phi) is 8.08. The molecule has 0 saturated heterocycles. The molecule has 0 aliphatic heterocycles. The summed E-state index contributed by atoms with van der Waals surface area (Å²) in [6.45, 7) is 3.16. The van der Waals surface area contributed by atoms with Crippen molar-refractivity contribution in [1.82, 2.24) is 19.9 Å². The van der Waals surface area contributed by atoms with Crippen LogP contribution in [0.1, 0.15) is 53.3 Å². The molecular formula is C27H31F3N4O3S. The average molecular weight is 549 g/mol. The van der Waals surface area contributed by atoms with Crippen molar-refractivity contribution in [3.63, 3.8) is 0 Å². The number of aromatic nitrogens is 3. The summed E-state index contributed by atoms with van der Waals surface area (Å²) in [5.41, 5.74) is 1.12. The Morgan fingerprint density at radius 3 is 2.47 bits per heavy atom. The highest BCUT2D eigenvalue weighted by Crippen LogP contribution is 2.41. The Morgan fingerprint density at radius 2 is 1.84 bits per heavy atom. The number of sulfone groups is 1. The van der Waals surface area contributed by atoms with Crippen molar-refractivity contribution in [2.75, 3.05) is 14.1 Å². The monoisotopic (exact) mass is 548 g/mol. The summed E-state index contributed by atoms with van der Waals surface area (Å²) in [6, 6.07) is 8.93. The third-order valence-corrected chi connectivity index (χ3v) is 8.92. The van der Waals surface area contributed by atoms with Crippen molar-refractivity contribution in [2.45, 2.75) is 68.0 Å². The Morgan fingerprint density at radius 1 is 1.08 bits per heavy atom. The lowest BCUT2D eigenvalue weighted by Gasteiger charge is -2.40. The Balaban J connectivity index is 1.50. The average Bonchev–Trinajstić information content (AvgIpc) is 2.84. The van der Waals surface area contributed by atoms with Gasteiger partial charge in [0.05, 0.1) is 27.6 Å². The second-order valence-corrected chi connectivity index (χ2v) is 11.9. The van der Waals surface area contributed by atoms with E-state index in [1.807, 2.05) is 19.0 Å². The van der Waals surface area contributed by atoms with Gasteiger partial charge in [0.15, 0.2) is 9.84 Å². The number of nitrogens with zero attached hydrogens (tertiary/aromatic N) is 4. The first-order valence-corrected chi connectivity index (χ1v) is 14.0. The Labute approximate surface area is 221 Å². The third-order valence-electron chi connectivity index (χ3n) is 7.14. The van der Waals surface area contributed by atoms with Crippen LogP contribution in [0.5, 0.6) is 5.88 Å². The highest BCUT2D eigenvalue weighted by Gasteiger charge is 2.38. The van der Waals surface area contributed by atoms with Gasteiger partial charge in [0.1, 0.15) is 12.4 Å². The van der Waals surface area contributed by atoms with E-state index in [9.17, 15) is 21.6 Å². The second kappa shape index (κ2) is 11.0. The molecule has 0 spiro atoms. The number of aryl methyl sites for hydroxylation is 1. The number of pyridine rings is 1. The van der Waals surface area contributed by atoms with Crippen LogP contribution in [0, 0.1) is 13.8 Å². The molecular weight excluding hydrogens is 517 g/mol. The van der Waals surface area contributed by atoms with Gasteiger partial charge >= 0.3 is 6.18 Å². The molecule has 0 unspecified atom stereocenters. The first-order valence-electron chi connectivity index (χ1n) is 12.3. The number of hydrogen-bond acceptors (Lipinski definition) is 7. The molecule has 1 aliphatic carbocycles. The van der Waals surface area contributed by atoms with E-state index in [-0.39, 0.29) is 34.3 Å². The van der Waals surface area contributed by atoms with Crippen LogP contribution in [0.4, 0.5) is 13.2 Å². The normalized spacial score (nSPS) is 20.5. The first kappa shape index (κ1) is 28.0. The molecule has 11 heteroatoms. The fourth-order valence-electron chi connectivity index (χ4n) is 5.24. The molecule has 1 fully saturated rings. The summed E-state index contributed by atoms with van der Waals surface area (Å²) in [6.07, 6.45) is 0.0760. The zero-order valence-corrected chi connectivity index (χ0v) is 22.6. The topological polar surface area (TPSA) is 85.3 Å². The molecule has 38 heavy (non-hydrogen) atoms. The summed E-state index contributed by atoms with van der Waals surface area (Å²) in [5, 5.41) is 0. The fourth-order valence-corrected chi connectivity index (χ4v) is 6.72. The largest absolute Gasteiger partial charge is 0.473 e. The van der Waals surface area contributed by atoms with Gasteiger partial charge in [0, 0.05) is 18.3 Å². The third kappa shape index (κ3) is 6.15. The number of likely N-dealkylation sites (N-methyl/N-ethyl adjacent to an activating group) is 1. The van der Waals surface area contributed by atoms with E-state index in [0.717, 1.165) is 11.6 Å². The molecule has 0 radical (unpaired) electrons. The summed E-state index contributed by atoms with van der Waals surface area (Å²) in [4.78, 5) is 14.4. The predicted molar refractivity (Wildman–Crippen MR) is 137 cm³/mol. The lowest BCUT2D eigenvalue weighted by molar-refractivity contribution is -0.138. The summed E-state index contributed by atoms with van der Waals surface area (Å²) < 4.78 is 72.5. The van der Waals surface area contributed by atoms with Gasteiger partial charge in [0.25, 0.3) is 0 Å². The van der Waals surface area contributed by atoms with Gasteiger partial charge in [-0.3, -0.25) is 0 Å². The van der Waals surface area contributed by atoms with Crippen LogP contribution in [0.3, 0.4) is 0 Å². The highest BCUT2D eigenvalue weighted by atomic mass is 32.2. The van der Waals surface area contributed by atoms with E-state index in [1.165, 1.54) is 24.7 Å². The minimum Gasteiger partial charge on any atom is -0.473 e. The van der Waals surface area contributed by atoms with Gasteiger partial charge in [-0.2, -0.15) is 13.2 Å². The van der Waals surface area contributed by atoms with E-state index in [2.05, 4.69) is 15.0 Å². The molecule has 1 aliphatic rings. The number of hydrogen-bond donors (Lipinski definition) is 0. The molecule has 2 heterocycles. The van der Waals surface area contributed by atoms with Crippen molar-refractivity contribution >= 4 is 9.84 Å². The zero-order chi connectivity index (χ0) is 27.7. The number of rotatable bonds is 7. The number of alkyl halides is 3. The molecule has 0 N–H and O–H groups in total. The molecule has 7 nitrogen and oxygen atoms in total. The van der Waals surface area contributed by atoms with Crippen molar-refractivity contribution in [2.24, 2.45) is 0 Å². The number of benzene rings is 1. The lowest BCUT2D eigenvalue weighted by atomic mass is 9.77. The van der Waals surface area contributed by atoms with Crippen LogP contribution >= 0.6 is 0 Å². The van der Waals surface area contributed by atoms with E-state index in [0.29, 0.717) is 36.5 Å². The van der Waals surface area contributed by atoms with Crippen molar-refractivity contribution in [3.8, 4) is 5.88 Å². The molecule has 2 aromatic heterocycles. The lowest BCUT2D eigenvalue weighted by Crippen LogP contribution is -2.46. The quantitative estimate of drug-likeness (QED) is 0.405. The molecule has 1 aromatic carbocycles. The van der Waals surface area contributed by atoms with Crippen molar-refractivity contribution in [3.05, 3.63) is 77.0 Å². The molecule has 3 aromatic rings. The SMILES string of the molecule is Cc1nc(O[C@H]2CC[C@H](c3cccc(C(F)(F)F)c3C)C[C@@H]2N(C)C)ccc1S(=O)(=O)Cc1ccncn1. The zero-order valence-electron chi connectivity index (χ0n) is 21.7. The maximum Gasteiger partial charge on any atom is 0.416 e. The summed E-state index contributed by atoms with van der Waals surface area (Å²) in [7, 11) is 0.170. The van der Waals surface area contributed by atoms with Crippen molar-refractivity contribution in [1.29, 1.82) is 0 Å². The molecule has 1 saturated carbocycles. The van der Waals surface area contributed by atoms with Crippen LogP contribution in [0.15, 0.2) is 53.8 Å². The van der Waals surface area contributed by atoms with E-state index < -0.39 is 21.6 Å². The minimum atomic E-state index is -4.39. The molecule has 0 bridgehead atoms. The fraction of sp³-hybridized carbons (Fsp3) is 0.444. The maximum atomic E-state index is 13.5. The smallest absolute Gasteiger partial charge is 0.416 e. The summed E-state index contributed by atoms with van der Waals surface area (Å²) >= 11 is 0. The predicted octanol–water partition coefficient (Wildman–Crippen LogP) is 5.13. The molecule has 0 amide bonds. The molecule has 4 rings (SSSR count). The van der Waals surface area contributed by atoms with Gasteiger partial charge < -0.3 is 9.64 Å². The standard InChI is InChI=1S/C27H31F3N4O3S/c1-17-21(6-5-7-22(17)27(28,29)30)19-8-9-24(23(14-19)34(3)4)37-26-11-10-25(18(2)33-26)38(35,36)15-20-12-13-31-16-32-20/h5-7,10-13,16,19,23-24H,8-9,14-15H2,1-4H3/t19-,23-,24-/m0/s1. The van der Waals surface area contributed by atoms with Crippen LogP contribution in [0.25, 0.3) is 0 Å². The van der Waals surface area contributed by atoms with Crippen LogP contribution < -0.4 is 4.74 Å². The van der Waals surface area contributed by atoms with Gasteiger partial charge in [-0.25, -0.2) is 23.4 Å². The summed E-state index contributed by atoms with van der Waals surface area (Å²) in [5.74, 6) is 0.0162. The van der Waals surface area contributed by atoms with Gasteiger partial charge in [-0.15, -0.1) is 0 Å². The van der Waals surface area contributed by atoms with Crippen molar-refractivity contribution < 1.29 is 26.3 Å². The number of ether oxygens (including phenoxy) is 1. The van der Waals surface area contributed by atoms with E-state index in [4.69, 9.17) is 4.74 Å². The molecule has 204 valence electrons. The van der Waals surface area contributed by atoms with Gasteiger partial charge in [-0.1, -0.05) is 12.1 Å².